The highest BCUT2D eigenvalue weighted by molar-refractivity contribution is 7.91. The fourth-order valence-electron chi connectivity index (χ4n) is 3.15. The Morgan fingerprint density at radius 1 is 1.14 bits per heavy atom. The molecule has 1 fully saturated rings. The molecule has 29 heavy (non-hydrogen) atoms. The topological polar surface area (TPSA) is 114 Å². The zero-order chi connectivity index (χ0) is 21.2. The van der Waals surface area contributed by atoms with Crippen molar-refractivity contribution in [3.63, 3.8) is 0 Å². The van der Waals surface area contributed by atoms with Crippen LogP contribution in [0.3, 0.4) is 0 Å². The van der Waals surface area contributed by atoms with E-state index in [-0.39, 0.29) is 40.6 Å². The number of aryl methyl sites for hydroxylation is 1. The molecule has 2 aromatic rings. The molecular weight excluding hydrogens is 434 g/mol. The second kappa shape index (κ2) is 8.50. The van der Waals surface area contributed by atoms with Gasteiger partial charge in [-0.2, -0.15) is 4.31 Å². The maximum absolute atomic E-state index is 12.9. The fourth-order valence-corrected chi connectivity index (χ4v) is 6.21. The van der Waals surface area contributed by atoms with Crippen LogP contribution in [0.25, 0.3) is 0 Å². The fraction of sp³-hybridized carbons (Fsp3) is 0.444. The molecule has 1 aromatic heterocycles. The van der Waals surface area contributed by atoms with Crippen LogP contribution in [0.2, 0.25) is 0 Å². The summed E-state index contributed by atoms with van der Waals surface area (Å²) in [5, 5.41) is 2.95. The van der Waals surface area contributed by atoms with E-state index in [2.05, 4.69) is 10.3 Å². The Balaban J connectivity index is 1.64. The highest BCUT2D eigenvalue weighted by atomic mass is 32.2. The molecule has 2 heterocycles. The number of hydrogen-bond donors (Lipinski definition) is 1. The SMILES string of the molecule is CCS(=O)(=O)c1ccc(S(=O)(=O)N2CCC(NC(=O)c3scnc3C)CC2)cc1. The summed E-state index contributed by atoms with van der Waals surface area (Å²) in [4.78, 5) is 17.1. The molecule has 1 saturated heterocycles. The second-order valence-electron chi connectivity index (χ2n) is 6.79. The molecule has 158 valence electrons. The summed E-state index contributed by atoms with van der Waals surface area (Å²) in [6, 6.07) is 5.22. The smallest absolute Gasteiger partial charge is 0.263 e. The van der Waals surface area contributed by atoms with Crippen LogP contribution in [0.5, 0.6) is 0 Å². The van der Waals surface area contributed by atoms with Gasteiger partial charge in [-0.1, -0.05) is 6.92 Å². The Kier molecular flexibility index (Phi) is 6.42. The maximum atomic E-state index is 12.9. The molecule has 8 nitrogen and oxygen atoms in total. The maximum Gasteiger partial charge on any atom is 0.263 e. The zero-order valence-electron chi connectivity index (χ0n) is 16.2. The van der Waals surface area contributed by atoms with E-state index < -0.39 is 19.9 Å². The average Bonchev–Trinajstić information content (AvgIpc) is 3.14. The lowest BCUT2D eigenvalue weighted by molar-refractivity contribution is 0.0927. The number of benzene rings is 1. The molecule has 0 unspecified atom stereocenters. The van der Waals surface area contributed by atoms with E-state index in [1.165, 1.54) is 39.9 Å². The Bertz CT molecular complexity index is 1080. The average molecular weight is 458 g/mol. The first-order valence-electron chi connectivity index (χ1n) is 9.19. The van der Waals surface area contributed by atoms with Crippen molar-refractivity contribution >= 4 is 37.1 Å². The number of carbonyl (C=O) groups is 1. The first-order chi connectivity index (χ1) is 13.6. The van der Waals surface area contributed by atoms with Crippen molar-refractivity contribution in [2.24, 2.45) is 0 Å². The number of nitrogens with zero attached hydrogens (tertiary/aromatic N) is 2. The second-order valence-corrected chi connectivity index (χ2v) is 11.9. The summed E-state index contributed by atoms with van der Waals surface area (Å²) in [5.41, 5.74) is 2.30. The highest BCUT2D eigenvalue weighted by Gasteiger charge is 2.30. The normalized spacial score (nSPS) is 16.6. The third-order valence-electron chi connectivity index (χ3n) is 4.94. The van der Waals surface area contributed by atoms with Crippen LogP contribution in [0.15, 0.2) is 39.6 Å². The Morgan fingerprint density at radius 3 is 2.24 bits per heavy atom. The van der Waals surface area contributed by atoms with Crippen molar-refractivity contribution in [3.8, 4) is 0 Å². The number of rotatable bonds is 6. The molecule has 1 aromatic carbocycles. The number of thiazole rings is 1. The molecule has 1 N–H and O–H groups in total. The van der Waals surface area contributed by atoms with Crippen molar-refractivity contribution in [2.45, 2.75) is 42.5 Å². The van der Waals surface area contributed by atoms with Crippen molar-refractivity contribution in [1.82, 2.24) is 14.6 Å². The lowest BCUT2D eigenvalue weighted by Crippen LogP contribution is -2.46. The summed E-state index contributed by atoms with van der Waals surface area (Å²) in [7, 11) is -7.09. The number of hydrogen-bond acceptors (Lipinski definition) is 7. The summed E-state index contributed by atoms with van der Waals surface area (Å²) in [6.07, 6.45) is 1.01. The standard InChI is InChI=1S/C18H23N3O5S3/c1-3-28(23,24)15-4-6-16(7-5-15)29(25,26)21-10-8-14(9-11-21)20-18(22)17-13(2)19-12-27-17/h4-7,12,14H,3,8-11H2,1-2H3,(H,20,22). The van der Waals surface area contributed by atoms with Crippen molar-refractivity contribution in [3.05, 3.63) is 40.3 Å². The minimum absolute atomic E-state index is 0.0423. The van der Waals surface area contributed by atoms with E-state index in [1.54, 1.807) is 19.4 Å². The highest BCUT2D eigenvalue weighted by Crippen LogP contribution is 2.23. The Labute approximate surface area is 174 Å². The third kappa shape index (κ3) is 4.68. The van der Waals surface area contributed by atoms with Gasteiger partial charge in [-0.05, 0) is 44.0 Å². The number of carbonyl (C=O) groups excluding carboxylic acids is 1. The van der Waals surface area contributed by atoms with E-state index >= 15 is 0 Å². The summed E-state index contributed by atoms with van der Waals surface area (Å²) in [6.45, 7) is 3.88. The number of amides is 1. The van der Waals surface area contributed by atoms with Gasteiger partial charge in [0, 0.05) is 19.1 Å². The number of piperidine rings is 1. The minimum Gasteiger partial charge on any atom is -0.348 e. The van der Waals surface area contributed by atoms with E-state index in [1.807, 2.05) is 0 Å². The number of sulfonamides is 1. The molecule has 3 rings (SSSR count). The number of nitrogens with one attached hydrogen (secondary N) is 1. The van der Waals surface area contributed by atoms with Gasteiger partial charge in [0.2, 0.25) is 10.0 Å². The molecule has 1 aliphatic heterocycles. The predicted molar refractivity (Wildman–Crippen MR) is 110 cm³/mol. The zero-order valence-corrected chi connectivity index (χ0v) is 18.6. The third-order valence-corrected chi connectivity index (χ3v) is 9.53. The first kappa shape index (κ1) is 21.9. The van der Waals surface area contributed by atoms with Crippen LogP contribution in [0.1, 0.15) is 35.1 Å². The van der Waals surface area contributed by atoms with Gasteiger partial charge in [-0.3, -0.25) is 4.79 Å². The summed E-state index contributed by atoms with van der Waals surface area (Å²) in [5.74, 6) is -0.224. The number of aromatic nitrogens is 1. The molecule has 0 spiro atoms. The van der Waals surface area contributed by atoms with Crippen molar-refractivity contribution < 1.29 is 21.6 Å². The molecule has 0 saturated carbocycles. The van der Waals surface area contributed by atoms with Crippen LogP contribution in [0, 0.1) is 6.92 Å². The van der Waals surface area contributed by atoms with Gasteiger partial charge < -0.3 is 5.32 Å². The predicted octanol–water partition coefficient (Wildman–Crippen LogP) is 1.83. The molecule has 0 radical (unpaired) electrons. The van der Waals surface area contributed by atoms with Gasteiger partial charge in [-0.15, -0.1) is 11.3 Å². The van der Waals surface area contributed by atoms with Gasteiger partial charge in [0.15, 0.2) is 9.84 Å². The van der Waals surface area contributed by atoms with Gasteiger partial charge in [0.25, 0.3) is 5.91 Å². The van der Waals surface area contributed by atoms with E-state index in [4.69, 9.17) is 0 Å². The largest absolute Gasteiger partial charge is 0.348 e. The minimum atomic E-state index is -3.71. The van der Waals surface area contributed by atoms with Crippen LogP contribution in [-0.2, 0) is 19.9 Å². The molecule has 1 aliphatic rings. The van der Waals surface area contributed by atoms with Crippen LogP contribution in [-0.4, -0.2) is 56.9 Å². The van der Waals surface area contributed by atoms with Crippen LogP contribution < -0.4 is 5.32 Å². The molecule has 1 amide bonds. The van der Waals surface area contributed by atoms with E-state index in [0.717, 1.165) is 0 Å². The lowest BCUT2D eigenvalue weighted by atomic mass is 10.1. The molecular formula is C18H23N3O5S3. The van der Waals surface area contributed by atoms with Crippen molar-refractivity contribution in [1.29, 1.82) is 0 Å². The van der Waals surface area contributed by atoms with E-state index in [0.29, 0.717) is 23.4 Å². The van der Waals surface area contributed by atoms with Crippen LogP contribution in [0.4, 0.5) is 0 Å². The first-order valence-corrected chi connectivity index (χ1v) is 13.2. The summed E-state index contributed by atoms with van der Waals surface area (Å²) < 4.78 is 50.9. The molecule has 0 aliphatic carbocycles. The lowest BCUT2D eigenvalue weighted by Gasteiger charge is -2.31. The van der Waals surface area contributed by atoms with Gasteiger partial charge >= 0.3 is 0 Å². The number of sulfone groups is 1. The van der Waals surface area contributed by atoms with Gasteiger partial charge in [0.1, 0.15) is 4.88 Å². The monoisotopic (exact) mass is 457 g/mol. The van der Waals surface area contributed by atoms with Crippen molar-refractivity contribution in [2.75, 3.05) is 18.8 Å². The van der Waals surface area contributed by atoms with Crippen LogP contribution >= 0.6 is 11.3 Å². The Morgan fingerprint density at radius 2 is 1.72 bits per heavy atom. The van der Waals surface area contributed by atoms with Gasteiger partial charge in [-0.25, -0.2) is 21.8 Å². The molecule has 0 atom stereocenters. The van der Waals surface area contributed by atoms with E-state index in [9.17, 15) is 21.6 Å². The molecule has 11 heteroatoms. The Hall–Kier alpha value is -1.82. The summed E-state index contributed by atoms with van der Waals surface area (Å²) >= 11 is 1.28. The molecule has 0 bridgehead atoms. The van der Waals surface area contributed by atoms with Gasteiger partial charge in [0.05, 0.1) is 26.7 Å². The quantitative estimate of drug-likeness (QED) is 0.708.